The third-order valence-corrected chi connectivity index (χ3v) is 6.03. The first-order valence-electron chi connectivity index (χ1n) is 11.4. The summed E-state index contributed by atoms with van der Waals surface area (Å²) in [6, 6.07) is 0. The number of allylic oxidation sites excluding steroid dienone is 4. The molecule has 1 unspecified atom stereocenters. The van der Waals surface area contributed by atoms with Crippen molar-refractivity contribution in [3.05, 3.63) is 24.3 Å². The molecule has 1 saturated carbocycles. The van der Waals surface area contributed by atoms with E-state index < -0.39 is 12.4 Å². The highest BCUT2D eigenvalue weighted by molar-refractivity contribution is 4.98. The van der Waals surface area contributed by atoms with Crippen molar-refractivity contribution >= 4 is 0 Å². The van der Waals surface area contributed by atoms with Gasteiger partial charge in [0.15, 0.2) is 5.79 Å². The number of aliphatic hydroxyl groups is 3. The molecule has 3 heteroatoms. The predicted octanol–water partition coefficient (Wildman–Crippen LogP) is 5.75. The smallest absolute Gasteiger partial charge is 0.186 e. The van der Waals surface area contributed by atoms with E-state index in [1.165, 1.54) is 57.8 Å². The van der Waals surface area contributed by atoms with Gasteiger partial charge in [-0.2, -0.15) is 0 Å². The summed E-state index contributed by atoms with van der Waals surface area (Å²) in [5, 5.41) is 27.5. The molecule has 0 saturated heterocycles. The van der Waals surface area contributed by atoms with E-state index in [-0.39, 0.29) is 6.42 Å². The van der Waals surface area contributed by atoms with Crippen LogP contribution < -0.4 is 0 Å². The summed E-state index contributed by atoms with van der Waals surface area (Å²) >= 11 is 0. The van der Waals surface area contributed by atoms with Crippen LogP contribution in [0.25, 0.3) is 0 Å². The van der Waals surface area contributed by atoms with E-state index in [1.54, 1.807) is 0 Å². The Kier molecular flexibility index (Phi) is 13.0. The molecular weight excluding hydrogens is 336 g/mol. The molecule has 3 N–H and O–H groups in total. The Morgan fingerprint density at radius 2 is 1.81 bits per heavy atom. The molecule has 0 aromatic rings. The van der Waals surface area contributed by atoms with E-state index in [0.717, 1.165) is 30.6 Å². The van der Waals surface area contributed by atoms with Gasteiger partial charge in [0.25, 0.3) is 0 Å². The first-order chi connectivity index (χ1) is 13.0. The minimum absolute atomic E-state index is 0.222. The van der Waals surface area contributed by atoms with Crippen LogP contribution in [0.5, 0.6) is 0 Å². The zero-order valence-electron chi connectivity index (χ0n) is 17.8. The van der Waals surface area contributed by atoms with Crippen molar-refractivity contribution < 1.29 is 15.3 Å². The maximum Gasteiger partial charge on any atom is 0.186 e. The van der Waals surface area contributed by atoms with Gasteiger partial charge in [0.1, 0.15) is 0 Å². The van der Waals surface area contributed by atoms with Crippen molar-refractivity contribution in [2.45, 2.75) is 103 Å². The average Bonchev–Trinajstić information content (AvgIpc) is 3.09. The number of aliphatic hydroxyl groups excluding tert-OH is 1. The standard InChI is InChI=1S/C24H44O3/c1-3-4-7-13-21(2)14-9-10-16-23-18-12-17-22(23)15-8-5-6-11-19-24(26,27)20-25/h5,8,10,16,21-23,25-27H,3-4,6-7,9,11-15,17-20H2,1-2H3/t21?,22-,23-/m0/s1. The molecule has 27 heavy (non-hydrogen) atoms. The van der Waals surface area contributed by atoms with Crippen LogP contribution in [0.2, 0.25) is 0 Å². The molecule has 1 rings (SSSR count). The lowest BCUT2D eigenvalue weighted by Gasteiger charge is -2.17. The molecule has 0 heterocycles. The average molecular weight is 381 g/mol. The molecule has 3 nitrogen and oxygen atoms in total. The first-order valence-corrected chi connectivity index (χ1v) is 11.4. The van der Waals surface area contributed by atoms with Crippen LogP contribution in [0.3, 0.4) is 0 Å². The lowest BCUT2D eigenvalue weighted by Crippen LogP contribution is -2.32. The fraction of sp³-hybridized carbons (Fsp3) is 0.833. The summed E-state index contributed by atoms with van der Waals surface area (Å²) in [5.74, 6) is 0.447. The lowest BCUT2D eigenvalue weighted by atomic mass is 9.91. The first kappa shape index (κ1) is 24.4. The summed E-state index contributed by atoms with van der Waals surface area (Å²) in [5.41, 5.74) is 0. The van der Waals surface area contributed by atoms with Crippen molar-refractivity contribution in [3.8, 4) is 0 Å². The predicted molar refractivity (Wildman–Crippen MR) is 114 cm³/mol. The van der Waals surface area contributed by atoms with Crippen LogP contribution in [-0.2, 0) is 0 Å². The van der Waals surface area contributed by atoms with E-state index in [1.807, 2.05) is 0 Å². The lowest BCUT2D eigenvalue weighted by molar-refractivity contribution is -0.191. The van der Waals surface area contributed by atoms with E-state index in [0.29, 0.717) is 6.42 Å². The highest BCUT2D eigenvalue weighted by atomic mass is 16.5. The Hall–Kier alpha value is -0.640. The van der Waals surface area contributed by atoms with Gasteiger partial charge in [-0.1, -0.05) is 70.3 Å². The Bertz CT molecular complexity index is 414. The van der Waals surface area contributed by atoms with E-state index >= 15 is 0 Å². The van der Waals surface area contributed by atoms with E-state index in [9.17, 15) is 10.2 Å². The summed E-state index contributed by atoms with van der Waals surface area (Å²) in [6.45, 7) is 4.07. The molecule has 158 valence electrons. The van der Waals surface area contributed by atoms with Gasteiger partial charge in [0.2, 0.25) is 0 Å². The van der Waals surface area contributed by atoms with Crippen molar-refractivity contribution in [3.63, 3.8) is 0 Å². The zero-order valence-corrected chi connectivity index (χ0v) is 17.8. The highest BCUT2D eigenvalue weighted by Gasteiger charge is 2.23. The highest BCUT2D eigenvalue weighted by Crippen LogP contribution is 2.35. The zero-order chi connectivity index (χ0) is 20.0. The normalized spacial score (nSPS) is 22.3. The van der Waals surface area contributed by atoms with Crippen LogP contribution in [0.1, 0.15) is 97.3 Å². The molecule has 0 amide bonds. The quantitative estimate of drug-likeness (QED) is 0.193. The van der Waals surface area contributed by atoms with Crippen molar-refractivity contribution in [2.24, 2.45) is 17.8 Å². The second-order valence-corrected chi connectivity index (χ2v) is 8.70. The monoisotopic (exact) mass is 380 g/mol. The van der Waals surface area contributed by atoms with Gasteiger partial charge in [0.05, 0.1) is 6.61 Å². The van der Waals surface area contributed by atoms with Crippen molar-refractivity contribution in [1.82, 2.24) is 0 Å². The van der Waals surface area contributed by atoms with Crippen LogP contribution in [0.15, 0.2) is 24.3 Å². The van der Waals surface area contributed by atoms with Gasteiger partial charge < -0.3 is 15.3 Å². The van der Waals surface area contributed by atoms with Crippen LogP contribution in [0, 0.1) is 17.8 Å². The minimum atomic E-state index is -1.91. The van der Waals surface area contributed by atoms with Crippen LogP contribution in [0.4, 0.5) is 0 Å². The maximum atomic E-state index is 9.35. The van der Waals surface area contributed by atoms with Gasteiger partial charge in [-0.3, -0.25) is 0 Å². The van der Waals surface area contributed by atoms with Crippen molar-refractivity contribution in [2.75, 3.05) is 6.61 Å². The number of hydrogen-bond donors (Lipinski definition) is 3. The Morgan fingerprint density at radius 1 is 1.00 bits per heavy atom. The van der Waals surface area contributed by atoms with Gasteiger partial charge in [0, 0.05) is 6.42 Å². The Labute approximate surface area is 167 Å². The summed E-state index contributed by atoms with van der Waals surface area (Å²) in [7, 11) is 0. The van der Waals surface area contributed by atoms with Gasteiger partial charge in [-0.25, -0.2) is 0 Å². The Balaban J connectivity index is 2.18. The number of unbranched alkanes of at least 4 members (excludes halogenated alkanes) is 3. The molecule has 0 aromatic heterocycles. The molecule has 3 atom stereocenters. The van der Waals surface area contributed by atoms with Crippen LogP contribution in [-0.4, -0.2) is 27.7 Å². The molecule has 0 aliphatic heterocycles. The topological polar surface area (TPSA) is 60.7 Å². The van der Waals surface area contributed by atoms with Crippen molar-refractivity contribution in [1.29, 1.82) is 0 Å². The number of hydrogen-bond acceptors (Lipinski definition) is 3. The van der Waals surface area contributed by atoms with E-state index in [4.69, 9.17) is 5.11 Å². The largest absolute Gasteiger partial charge is 0.391 e. The molecule has 0 aromatic carbocycles. The fourth-order valence-electron chi connectivity index (χ4n) is 4.12. The molecule has 1 aliphatic carbocycles. The second kappa shape index (κ2) is 14.4. The fourth-order valence-corrected chi connectivity index (χ4v) is 4.12. The molecular formula is C24H44O3. The maximum absolute atomic E-state index is 9.35. The van der Waals surface area contributed by atoms with Gasteiger partial charge >= 0.3 is 0 Å². The number of rotatable bonds is 15. The molecule has 0 spiro atoms. The van der Waals surface area contributed by atoms with E-state index in [2.05, 4.69) is 38.2 Å². The third-order valence-electron chi connectivity index (χ3n) is 6.03. The Morgan fingerprint density at radius 3 is 2.56 bits per heavy atom. The molecule has 0 bridgehead atoms. The molecule has 1 fully saturated rings. The van der Waals surface area contributed by atoms with Gasteiger partial charge in [-0.15, -0.1) is 0 Å². The summed E-state index contributed by atoms with van der Waals surface area (Å²) in [4.78, 5) is 0. The summed E-state index contributed by atoms with van der Waals surface area (Å²) in [6.07, 6.45) is 24.2. The minimum Gasteiger partial charge on any atom is -0.391 e. The third kappa shape index (κ3) is 11.7. The SMILES string of the molecule is CCCCCC(C)CCC=C[C@H]1CCC[C@@H]1CC=CCCCC(O)(O)CO. The molecule has 0 radical (unpaired) electrons. The summed E-state index contributed by atoms with van der Waals surface area (Å²) < 4.78 is 0. The molecule has 1 aliphatic rings. The van der Waals surface area contributed by atoms with Gasteiger partial charge in [-0.05, 0) is 62.7 Å². The second-order valence-electron chi connectivity index (χ2n) is 8.70. The van der Waals surface area contributed by atoms with Crippen LogP contribution >= 0.6 is 0 Å².